The van der Waals surface area contributed by atoms with Gasteiger partial charge in [-0.1, -0.05) is 0 Å². The van der Waals surface area contributed by atoms with Crippen LogP contribution in [0.15, 0.2) is 36.4 Å². The number of hydrogen-bond acceptors (Lipinski definition) is 5. The number of anilines is 2. The molecule has 2 amide bonds. The molecule has 0 aromatic heterocycles. The van der Waals surface area contributed by atoms with Crippen molar-refractivity contribution in [3.8, 4) is 11.8 Å². The van der Waals surface area contributed by atoms with Crippen molar-refractivity contribution in [2.45, 2.75) is 37.5 Å². The summed E-state index contributed by atoms with van der Waals surface area (Å²) < 4.78 is 6.04. The van der Waals surface area contributed by atoms with Crippen LogP contribution in [0.1, 0.15) is 43.4 Å². The second-order valence-corrected chi connectivity index (χ2v) is 9.77. The lowest BCUT2D eigenvalue weighted by Gasteiger charge is -2.38. The Kier molecular flexibility index (Phi) is 4.95. The topological polar surface area (TPSA) is 85.7 Å². The second-order valence-electron chi connectivity index (χ2n) is 9.77. The van der Waals surface area contributed by atoms with Crippen LogP contribution in [-0.2, 0) is 20.4 Å². The van der Waals surface area contributed by atoms with Gasteiger partial charge in [0, 0.05) is 25.0 Å². The van der Waals surface area contributed by atoms with Crippen LogP contribution in [0.2, 0.25) is 0 Å². The Morgan fingerprint density at radius 1 is 1.09 bits per heavy atom. The lowest BCUT2D eigenvalue weighted by atomic mass is 9.73. The molecule has 3 aliphatic heterocycles. The molecule has 0 aliphatic carbocycles. The minimum Gasteiger partial charge on any atom is -0.492 e. The summed E-state index contributed by atoms with van der Waals surface area (Å²) in [5.74, 6) is 0.909. The largest absolute Gasteiger partial charge is 0.492 e. The Morgan fingerprint density at radius 2 is 1.85 bits per heavy atom. The van der Waals surface area contributed by atoms with Gasteiger partial charge >= 0.3 is 0 Å². The Labute approximate surface area is 193 Å². The zero-order valence-corrected chi connectivity index (χ0v) is 19.3. The highest BCUT2D eigenvalue weighted by atomic mass is 16.5. The quantitative estimate of drug-likeness (QED) is 0.783. The van der Waals surface area contributed by atoms with Crippen molar-refractivity contribution in [1.82, 2.24) is 4.90 Å². The molecule has 1 N–H and O–H groups in total. The average molecular weight is 445 g/mol. The van der Waals surface area contributed by atoms with Gasteiger partial charge in [0.15, 0.2) is 0 Å². The first-order chi connectivity index (χ1) is 15.8. The molecule has 0 unspecified atom stereocenters. The number of likely N-dealkylation sites (tertiary alicyclic amines) is 1. The van der Waals surface area contributed by atoms with Crippen molar-refractivity contribution in [3.63, 3.8) is 0 Å². The minimum absolute atomic E-state index is 0.0451. The molecular weight excluding hydrogens is 416 g/mol. The first-order valence-electron chi connectivity index (χ1n) is 11.4. The molecule has 2 aromatic carbocycles. The maximum atomic E-state index is 12.8. The number of rotatable bonds is 4. The Hall–Kier alpha value is -3.37. The fourth-order valence-electron chi connectivity index (χ4n) is 5.47. The highest BCUT2D eigenvalue weighted by molar-refractivity contribution is 6.07. The molecule has 0 atom stereocenters. The number of hydrogen-bond donors (Lipinski definition) is 1. The zero-order chi connectivity index (χ0) is 23.4. The van der Waals surface area contributed by atoms with Gasteiger partial charge in [-0.15, -0.1) is 0 Å². The van der Waals surface area contributed by atoms with Gasteiger partial charge in [-0.05, 0) is 87.3 Å². The Balaban J connectivity index is 1.20. The van der Waals surface area contributed by atoms with Gasteiger partial charge in [0.05, 0.1) is 22.5 Å². The monoisotopic (exact) mass is 444 g/mol. The summed E-state index contributed by atoms with van der Waals surface area (Å²) >= 11 is 0. The fraction of sp³-hybridized carbons (Fsp3) is 0.423. The smallest absolute Gasteiger partial charge is 0.236 e. The molecule has 7 nitrogen and oxygen atoms in total. The van der Waals surface area contributed by atoms with E-state index in [-0.39, 0.29) is 11.8 Å². The fourth-order valence-corrected chi connectivity index (χ4v) is 5.47. The maximum Gasteiger partial charge on any atom is 0.236 e. The van der Waals surface area contributed by atoms with Crippen molar-refractivity contribution >= 4 is 23.2 Å². The molecule has 1 fully saturated rings. The third-order valence-corrected chi connectivity index (χ3v) is 7.57. The summed E-state index contributed by atoms with van der Waals surface area (Å²) in [4.78, 5) is 29.4. The third-order valence-electron chi connectivity index (χ3n) is 7.57. The van der Waals surface area contributed by atoms with E-state index in [1.54, 1.807) is 11.0 Å². The van der Waals surface area contributed by atoms with Gasteiger partial charge in [0.2, 0.25) is 11.8 Å². The third kappa shape index (κ3) is 3.28. The van der Waals surface area contributed by atoms with Gasteiger partial charge in [0.25, 0.3) is 0 Å². The molecule has 3 heterocycles. The Morgan fingerprint density at radius 3 is 2.58 bits per heavy atom. The van der Waals surface area contributed by atoms with E-state index < -0.39 is 10.8 Å². The minimum atomic E-state index is -0.547. The number of nitriles is 1. The van der Waals surface area contributed by atoms with Crippen LogP contribution in [-0.4, -0.2) is 50.0 Å². The number of nitrogens with one attached hydrogen (secondary N) is 1. The van der Waals surface area contributed by atoms with Gasteiger partial charge in [0.1, 0.15) is 12.4 Å². The highest BCUT2D eigenvalue weighted by Gasteiger charge is 2.48. The van der Waals surface area contributed by atoms with E-state index >= 15 is 0 Å². The van der Waals surface area contributed by atoms with Crippen molar-refractivity contribution in [3.05, 3.63) is 53.1 Å². The maximum absolute atomic E-state index is 12.8. The van der Waals surface area contributed by atoms with Crippen LogP contribution in [0.4, 0.5) is 11.4 Å². The molecular formula is C26H28N4O3. The molecule has 1 saturated heterocycles. The number of carbonyl (C=O) groups excluding carboxylic acids is 2. The summed E-state index contributed by atoms with van der Waals surface area (Å²) in [5, 5.41) is 12.3. The molecule has 0 radical (unpaired) electrons. The first kappa shape index (κ1) is 21.5. The van der Waals surface area contributed by atoms with E-state index in [4.69, 9.17) is 4.74 Å². The summed E-state index contributed by atoms with van der Waals surface area (Å²) in [6, 6.07) is 13.5. The predicted molar refractivity (Wildman–Crippen MR) is 126 cm³/mol. The van der Waals surface area contributed by atoms with Crippen LogP contribution < -0.4 is 15.0 Å². The van der Waals surface area contributed by atoms with Crippen LogP contribution >= 0.6 is 0 Å². The molecule has 5 rings (SSSR count). The van der Waals surface area contributed by atoms with E-state index in [1.165, 1.54) is 0 Å². The molecule has 0 bridgehead atoms. The molecule has 2 aromatic rings. The second kappa shape index (κ2) is 7.60. The summed E-state index contributed by atoms with van der Waals surface area (Å²) in [6.45, 7) is 6.79. The summed E-state index contributed by atoms with van der Waals surface area (Å²) in [7, 11) is 1.81. The number of piperidine rings is 1. The van der Waals surface area contributed by atoms with E-state index in [1.807, 2.05) is 51.2 Å². The molecule has 3 aliphatic rings. The average Bonchev–Trinajstić information content (AvgIpc) is 3.18. The normalized spacial score (nSPS) is 20.4. The van der Waals surface area contributed by atoms with Crippen LogP contribution in [0.25, 0.3) is 0 Å². The van der Waals surface area contributed by atoms with Gasteiger partial charge in [-0.3, -0.25) is 14.5 Å². The molecule has 7 heteroatoms. The molecule has 1 spiro atoms. The number of nitrogens with zero attached hydrogens (tertiary/aromatic N) is 3. The van der Waals surface area contributed by atoms with Crippen LogP contribution in [0.5, 0.6) is 5.75 Å². The van der Waals surface area contributed by atoms with Crippen LogP contribution in [0, 0.1) is 11.3 Å². The summed E-state index contributed by atoms with van der Waals surface area (Å²) in [5.41, 5.74) is 3.23. The van der Waals surface area contributed by atoms with Crippen molar-refractivity contribution in [2.24, 2.45) is 0 Å². The SMILES string of the molecule is CN1C(=O)C(C)(C)c2cc(OCCN3CCC4(CC3)C(=O)Nc3ccc(C#N)cc34)ccc21. The lowest BCUT2D eigenvalue weighted by molar-refractivity contribution is -0.123. The van der Waals surface area contributed by atoms with Crippen LogP contribution in [0.3, 0.4) is 0 Å². The van der Waals surface area contributed by atoms with Crippen molar-refractivity contribution < 1.29 is 14.3 Å². The van der Waals surface area contributed by atoms with Gasteiger partial charge in [-0.2, -0.15) is 5.26 Å². The number of benzene rings is 2. The van der Waals surface area contributed by atoms with Crippen molar-refractivity contribution in [2.75, 3.05) is 43.5 Å². The number of fused-ring (bicyclic) bond motifs is 3. The zero-order valence-electron chi connectivity index (χ0n) is 19.3. The van der Waals surface area contributed by atoms with Gasteiger partial charge < -0.3 is 15.0 Å². The van der Waals surface area contributed by atoms with Gasteiger partial charge in [-0.25, -0.2) is 0 Å². The number of ether oxygens (including phenoxy) is 1. The van der Waals surface area contributed by atoms with E-state index in [0.717, 1.165) is 60.7 Å². The molecule has 170 valence electrons. The van der Waals surface area contributed by atoms with E-state index in [0.29, 0.717) is 12.2 Å². The summed E-state index contributed by atoms with van der Waals surface area (Å²) in [6.07, 6.45) is 1.45. The number of amides is 2. The number of carbonyl (C=O) groups is 2. The molecule has 33 heavy (non-hydrogen) atoms. The van der Waals surface area contributed by atoms with E-state index in [2.05, 4.69) is 16.3 Å². The van der Waals surface area contributed by atoms with E-state index in [9.17, 15) is 14.9 Å². The predicted octanol–water partition coefficient (Wildman–Crippen LogP) is 3.18. The van der Waals surface area contributed by atoms with Crippen molar-refractivity contribution in [1.29, 1.82) is 5.26 Å². The lowest BCUT2D eigenvalue weighted by Crippen LogP contribution is -2.47. The highest BCUT2D eigenvalue weighted by Crippen LogP contribution is 2.45. The number of likely N-dealkylation sites (N-methyl/N-ethyl adjacent to an activating group) is 1. The molecule has 0 saturated carbocycles. The first-order valence-corrected chi connectivity index (χ1v) is 11.4. The Bertz CT molecular complexity index is 1190. The standard InChI is InChI=1S/C26H28N4O3/c1-25(2)20-15-18(5-7-22(20)29(3)24(25)32)33-13-12-30-10-8-26(9-11-30)19-14-17(16-27)4-6-21(19)28-23(26)31/h4-7,14-15H,8-13H2,1-3H3,(H,28,31).